The minimum atomic E-state index is 0.695. The molecular formula is C17H29NO2. The average Bonchev–Trinajstić information content (AvgIpc) is 2.49. The van der Waals surface area contributed by atoms with Gasteiger partial charge < -0.3 is 14.8 Å². The van der Waals surface area contributed by atoms with E-state index in [-0.39, 0.29) is 0 Å². The van der Waals surface area contributed by atoms with E-state index >= 15 is 0 Å². The van der Waals surface area contributed by atoms with E-state index in [9.17, 15) is 0 Å². The molecule has 0 aliphatic rings. The molecule has 1 aromatic rings. The lowest BCUT2D eigenvalue weighted by Crippen LogP contribution is -2.24. The maximum absolute atomic E-state index is 5.20. The highest BCUT2D eigenvalue weighted by molar-refractivity contribution is 5.27. The number of nitrogens with one attached hydrogen (secondary N) is 1. The molecule has 1 aromatic carbocycles. The highest BCUT2D eigenvalue weighted by Crippen LogP contribution is 2.18. The van der Waals surface area contributed by atoms with Gasteiger partial charge in [-0.25, -0.2) is 0 Å². The molecule has 0 spiro atoms. The van der Waals surface area contributed by atoms with Gasteiger partial charge in [-0.3, -0.25) is 0 Å². The number of benzene rings is 1. The molecule has 0 bridgehead atoms. The summed E-state index contributed by atoms with van der Waals surface area (Å²) in [6, 6.07) is 8.44. The molecule has 3 nitrogen and oxygen atoms in total. The summed E-state index contributed by atoms with van der Waals surface area (Å²) in [6.45, 7) is 5.17. The largest absolute Gasteiger partial charge is 0.497 e. The Morgan fingerprint density at radius 1 is 1.10 bits per heavy atom. The first kappa shape index (κ1) is 17.0. The molecular weight excluding hydrogens is 250 g/mol. The molecule has 1 N–H and O–H groups in total. The van der Waals surface area contributed by atoms with E-state index in [1.165, 1.54) is 18.4 Å². The molecule has 0 aliphatic heterocycles. The number of rotatable bonds is 11. The van der Waals surface area contributed by atoms with Gasteiger partial charge in [0.15, 0.2) is 0 Å². The first-order valence-electron chi connectivity index (χ1n) is 7.62. The van der Waals surface area contributed by atoms with Gasteiger partial charge in [0.1, 0.15) is 5.75 Å². The molecule has 1 rings (SSSR count). The van der Waals surface area contributed by atoms with Crippen molar-refractivity contribution in [3.05, 3.63) is 29.8 Å². The van der Waals surface area contributed by atoms with Crippen LogP contribution >= 0.6 is 0 Å². The second kappa shape index (κ2) is 10.7. The summed E-state index contributed by atoms with van der Waals surface area (Å²) < 4.78 is 10.3. The summed E-state index contributed by atoms with van der Waals surface area (Å²) in [5.41, 5.74) is 1.39. The van der Waals surface area contributed by atoms with E-state index in [1.807, 2.05) is 12.1 Å². The van der Waals surface area contributed by atoms with Crippen molar-refractivity contribution in [2.24, 2.45) is 5.92 Å². The second-order valence-corrected chi connectivity index (χ2v) is 5.21. The van der Waals surface area contributed by atoms with Crippen LogP contribution in [-0.4, -0.2) is 33.9 Å². The van der Waals surface area contributed by atoms with Crippen LogP contribution < -0.4 is 10.1 Å². The van der Waals surface area contributed by atoms with Gasteiger partial charge in [0.25, 0.3) is 0 Å². The van der Waals surface area contributed by atoms with E-state index in [4.69, 9.17) is 9.47 Å². The van der Waals surface area contributed by atoms with Gasteiger partial charge in [-0.05, 0) is 56.0 Å². The molecule has 1 unspecified atom stereocenters. The summed E-state index contributed by atoms with van der Waals surface area (Å²) in [5.74, 6) is 1.62. The molecule has 0 amide bonds. The quantitative estimate of drug-likeness (QED) is 0.631. The predicted octanol–water partition coefficient (Wildman–Crippen LogP) is 3.28. The van der Waals surface area contributed by atoms with E-state index in [1.54, 1.807) is 14.2 Å². The number of hydrogen-bond donors (Lipinski definition) is 1. The number of hydrogen-bond acceptors (Lipinski definition) is 3. The zero-order valence-corrected chi connectivity index (χ0v) is 13.2. The van der Waals surface area contributed by atoms with Gasteiger partial charge in [-0.15, -0.1) is 0 Å². The third kappa shape index (κ3) is 6.92. The standard InChI is InChI=1S/C17H29NO2/c1-4-18-14-16(7-5-6-12-19-2)13-15-8-10-17(20-3)11-9-15/h8-11,16,18H,4-7,12-14H2,1-3H3. The number of ether oxygens (including phenoxy) is 2. The van der Waals surface area contributed by atoms with Crippen LogP contribution in [0.5, 0.6) is 5.75 Å². The van der Waals surface area contributed by atoms with Gasteiger partial charge in [-0.2, -0.15) is 0 Å². The Balaban J connectivity index is 2.44. The van der Waals surface area contributed by atoms with Crippen molar-refractivity contribution in [2.75, 3.05) is 33.9 Å². The Hall–Kier alpha value is -1.06. The molecule has 1 atom stereocenters. The molecule has 20 heavy (non-hydrogen) atoms. The van der Waals surface area contributed by atoms with Crippen LogP contribution in [0.15, 0.2) is 24.3 Å². The molecule has 0 heterocycles. The fourth-order valence-electron chi connectivity index (χ4n) is 2.40. The predicted molar refractivity (Wildman–Crippen MR) is 84.5 cm³/mol. The lowest BCUT2D eigenvalue weighted by molar-refractivity contribution is 0.190. The van der Waals surface area contributed by atoms with Gasteiger partial charge in [0, 0.05) is 13.7 Å². The summed E-state index contributed by atoms with van der Waals surface area (Å²) in [7, 11) is 3.48. The minimum Gasteiger partial charge on any atom is -0.497 e. The second-order valence-electron chi connectivity index (χ2n) is 5.21. The summed E-state index contributed by atoms with van der Waals surface area (Å²) in [6.07, 6.45) is 4.77. The van der Waals surface area contributed by atoms with E-state index in [2.05, 4.69) is 24.4 Å². The van der Waals surface area contributed by atoms with Crippen molar-refractivity contribution < 1.29 is 9.47 Å². The lowest BCUT2D eigenvalue weighted by atomic mass is 9.94. The topological polar surface area (TPSA) is 30.5 Å². The van der Waals surface area contributed by atoms with Crippen molar-refractivity contribution in [1.29, 1.82) is 0 Å². The van der Waals surface area contributed by atoms with Crippen molar-refractivity contribution in [3.63, 3.8) is 0 Å². The smallest absolute Gasteiger partial charge is 0.118 e. The molecule has 0 saturated carbocycles. The summed E-state index contributed by atoms with van der Waals surface area (Å²) >= 11 is 0. The van der Waals surface area contributed by atoms with Gasteiger partial charge in [0.2, 0.25) is 0 Å². The van der Waals surface area contributed by atoms with Gasteiger partial charge >= 0.3 is 0 Å². The summed E-state index contributed by atoms with van der Waals surface area (Å²) in [4.78, 5) is 0. The molecule has 0 radical (unpaired) electrons. The van der Waals surface area contributed by atoms with E-state index < -0.39 is 0 Å². The van der Waals surface area contributed by atoms with Crippen LogP contribution in [0.2, 0.25) is 0 Å². The molecule has 0 aromatic heterocycles. The maximum atomic E-state index is 5.20. The average molecular weight is 279 g/mol. The molecule has 0 aliphatic carbocycles. The third-order valence-corrected chi connectivity index (χ3v) is 3.58. The number of unbranched alkanes of at least 4 members (excludes halogenated alkanes) is 1. The van der Waals surface area contributed by atoms with Crippen molar-refractivity contribution in [2.45, 2.75) is 32.6 Å². The fourth-order valence-corrected chi connectivity index (χ4v) is 2.40. The van der Waals surface area contributed by atoms with Crippen LogP contribution in [-0.2, 0) is 11.2 Å². The Kier molecular flexibility index (Phi) is 9.09. The monoisotopic (exact) mass is 279 g/mol. The van der Waals surface area contributed by atoms with E-state index in [0.717, 1.165) is 38.3 Å². The van der Waals surface area contributed by atoms with Crippen LogP contribution in [0.3, 0.4) is 0 Å². The zero-order valence-electron chi connectivity index (χ0n) is 13.2. The first-order valence-corrected chi connectivity index (χ1v) is 7.62. The van der Waals surface area contributed by atoms with Crippen LogP contribution in [0.25, 0.3) is 0 Å². The van der Waals surface area contributed by atoms with Crippen molar-refractivity contribution in [1.82, 2.24) is 5.32 Å². The maximum Gasteiger partial charge on any atom is 0.118 e. The van der Waals surface area contributed by atoms with Crippen LogP contribution in [0, 0.1) is 5.92 Å². The Morgan fingerprint density at radius 3 is 2.45 bits per heavy atom. The first-order chi connectivity index (χ1) is 9.80. The van der Waals surface area contributed by atoms with Crippen molar-refractivity contribution >= 4 is 0 Å². The fraction of sp³-hybridized carbons (Fsp3) is 0.647. The highest BCUT2D eigenvalue weighted by Gasteiger charge is 2.09. The normalized spacial score (nSPS) is 12.3. The molecule has 3 heteroatoms. The Morgan fingerprint density at radius 2 is 1.85 bits per heavy atom. The lowest BCUT2D eigenvalue weighted by Gasteiger charge is -2.17. The molecule has 0 saturated heterocycles. The van der Waals surface area contributed by atoms with Crippen molar-refractivity contribution in [3.8, 4) is 5.75 Å². The van der Waals surface area contributed by atoms with Crippen LogP contribution in [0.1, 0.15) is 31.7 Å². The SMILES string of the molecule is CCNCC(CCCCOC)Cc1ccc(OC)cc1. The van der Waals surface area contributed by atoms with Gasteiger partial charge in [-0.1, -0.05) is 25.5 Å². The zero-order chi connectivity index (χ0) is 14.6. The van der Waals surface area contributed by atoms with E-state index in [0.29, 0.717) is 5.92 Å². The Bertz CT molecular complexity index is 337. The van der Waals surface area contributed by atoms with Gasteiger partial charge in [0.05, 0.1) is 7.11 Å². The number of methoxy groups -OCH3 is 2. The third-order valence-electron chi connectivity index (χ3n) is 3.58. The molecule has 0 fully saturated rings. The molecule has 114 valence electrons. The Labute approximate surface area is 123 Å². The highest BCUT2D eigenvalue weighted by atomic mass is 16.5. The minimum absolute atomic E-state index is 0.695. The summed E-state index contributed by atoms with van der Waals surface area (Å²) in [5, 5.41) is 3.48. The van der Waals surface area contributed by atoms with Crippen LogP contribution in [0.4, 0.5) is 0 Å².